The minimum Gasteiger partial charge on any atom is -0.491 e. The number of methoxy groups -OCH3 is 1. The van der Waals surface area contributed by atoms with Gasteiger partial charge >= 0.3 is 0 Å². The predicted octanol–water partition coefficient (Wildman–Crippen LogP) is 4.78. The second-order valence-corrected chi connectivity index (χ2v) is 18.8. The number of carbonyl (C=O) groups is 1. The molecule has 5 atom stereocenters. The Bertz CT molecular complexity index is 1750. The molecular weight excluding hydrogens is 740 g/mol. The zero-order valence-corrected chi connectivity index (χ0v) is 34.4. The monoisotopic (exact) mass is 800 g/mol. The summed E-state index contributed by atoms with van der Waals surface area (Å²) in [5.41, 5.74) is 2.97. The summed E-state index contributed by atoms with van der Waals surface area (Å²) in [6.45, 7) is 10.2. The van der Waals surface area contributed by atoms with Gasteiger partial charge in [-0.2, -0.15) is 0 Å². The molecule has 3 heterocycles. The summed E-state index contributed by atoms with van der Waals surface area (Å²) in [6.07, 6.45) is 10.4. The van der Waals surface area contributed by atoms with Crippen molar-refractivity contribution in [2.45, 2.75) is 69.6 Å². The number of aliphatic hydroxyl groups excluding tert-OH is 2. The number of carbonyl (C=O) groups excluding carboxylic acids is 1. The van der Waals surface area contributed by atoms with E-state index in [2.05, 4.69) is 43.7 Å². The van der Waals surface area contributed by atoms with E-state index in [4.69, 9.17) is 21.1 Å². The van der Waals surface area contributed by atoms with Crippen molar-refractivity contribution in [2.24, 2.45) is 23.7 Å². The molecule has 2 fully saturated rings. The number of benzene rings is 2. The molecule has 1 saturated carbocycles. The van der Waals surface area contributed by atoms with Crippen LogP contribution < -0.4 is 14.4 Å². The first kappa shape index (κ1) is 41.9. The molecule has 1 amide bonds. The Morgan fingerprint density at radius 1 is 0.982 bits per heavy atom. The highest BCUT2D eigenvalue weighted by Crippen LogP contribution is 2.47. The zero-order chi connectivity index (χ0) is 39.2. The normalized spacial score (nSPS) is 29.1. The van der Waals surface area contributed by atoms with Gasteiger partial charge in [0.2, 0.25) is 10.0 Å². The first-order chi connectivity index (χ1) is 26.4. The second-order valence-electron chi connectivity index (χ2n) is 16.3. The van der Waals surface area contributed by atoms with E-state index in [-0.39, 0.29) is 36.5 Å². The van der Waals surface area contributed by atoms with Crippen LogP contribution in [0.1, 0.15) is 67.4 Å². The fraction of sp³-hybridized carbons (Fsp3) is 0.643. The minimum absolute atomic E-state index is 0.0279. The minimum atomic E-state index is -3.98. The van der Waals surface area contributed by atoms with Crippen LogP contribution in [0.5, 0.6) is 5.75 Å². The number of piperazine rings is 1. The molecule has 3 aliphatic heterocycles. The summed E-state index contributed by atoms with van der Waals surface area (Å²) in [5, 5.41) is 19.2. The van der Waals surface area contributed by atoms with Gasteiger partial charge in [-0.15, -0.1) is 0 Å². The lowest BCUT2D eigenvalue weighted by Gasteiger charge is -2.52. The van der Waals surface area contributed by atoms with Crippen molar-refractivity contribution in [3.8, 4) is 5.75 Å². The third-order valence-corrected chi connectivity index (χ3v) is 14.9. The molecule has 2 aromatic rings. The highest BCUT2D eigenvalue weighted by molar-refractivity contribution is 7.90. The summed E-state index contributed by atoms with van der Waals surface area (Å²) < 4.78 is 42.7. The van der Waals surface area contributed by atoms with Crippen LogP contribution in [0.2, 0.25) is 5.02 Å². The lowest BCUT2D eigenvalue weighted by Crippen LogP contribution is -2.59. The average molecular weight is 801 g/mol. The first-order valence-electron chi connectivity index (χ1n) is 20.2. The van der Waals surface area contributed by atoms with Crippen LogP contribution in [-0.4, -0.2) is 124 Å². The number of aryl methyl sites for hydroxylation is 1. The van der Waals surface area contributed by atoms with Gasteiger partial charge in [0, 0.05) is 95.6 Å². The van der Waals surface area contributed by atoms with Gasteiger partial charge in [-0.25, -0.2) is 13.1 Å². The zero-order valence-electron chi connectivity index (χ0n) is 32.8. The summed E-state index contributed by atoms with van der Waals surface area (Å²) in [6, 6.07) is 11.4. The van der Waals surface area contributed by atoms with E-state index < -0.39 is 26.8 Å². The molecule has 304 valence electrons. The molecule has 3 N–H and O–H groups in total. The van der Waals surface area contributed by atoms with Gasteiger partial charge in [-0.05, 0) is 105 Å². The Balaban J connectivity index is 1.33. The van der Waals surface area contributed by atoms with Crippen LogP contribution >= 0.6 is 11.6 Å². The van der Waals surface area contributed by atoms with E-state index in [1.807, 2.05) is 32.2 Å². The van der Waals surface area contributed by atoms with Crippen LogP contribution in [0.3, 0.4) is 0 Å². The molecule has 6 rings (SSSR count). The number of fused-ring (bicyclic) bond motifs is 3. The summed E-state index contributed by atoms with van der Waals surface area (Å²) >= 11 is 6.42. The van der Waals surface area contributed by atoms with Gasteiger partial charge in [-0.1, -0.05) is 36.7 Å². The van der Waals surface area contributed by atoms with E-state index in [0.717, 1.165) is 82.1 Å². The van der Waals surface area contributed by atoms with E-state index >= 15 is 0 Å². The number of amides is 1. The van der Waals surface area contributed by atoms with Crippen molar-refractivity contribution in [1.29, 1.82) is 0 Å². The van der Waals surface area contributed by atoms with Crippen molar-refractivity contribution in [2.75, 3.05) is 84.2 Å². The lowest BCUT2D eigenvalue weighted by molar-refractivity contribution is -0.0958. The fourth-order valence-corrected chi connectivity index (χ4v) is 10.3. The van der Waals surface area contributed by atoms with Crippen molar-refractivity contribution < 1.29 is 32.9 Å². The number of halogens is 1. The van der Waals surface area contributed by atoms with Crippen molar-refractivity contribution in [3.63, 3.8) is 0 Å². The van der Waals surface area contributed by atoms with Crippen LogP contribution in [0.4, 0.5) is 5.69 Å². The van der Waals surface area contributed by atoms with Gasteiger partial charge in [-0.3, -0.25) is 9.69 Å². The summed E-state index contributed by atoms with van der Waals surface area (Å²) in [4.78, 5) is 20.8. The molecular formula is C42H61ClN4O7S. The number of anilines is 1. The Kier molecular flexibility index (Phi) is 14.2. The van der Waals surface area contributed by atoms with Crippen LogP contribution in [-0.2, 0) is 27.6 Å². The quantitative estimate of drug-likeness (QED) is 0.337. The predicted molar refractivity (Wildman–Crippen MR) is 218 cm³/mol. The van der Waals surface area contributed by atoms with Crippen molar-refractivity contribution in [3.05, 3.63) is 70.3 Å². The fourth-order valence-electron chi connectivity index (χ4n) is 8.87. The van der Waals surface area contributed by atoms with Crippen LogP contribution in [0.15, 0.2) is 48.6 Å². The maximum Gasteiger partial charge on any atom is 0.264 e. The Morgan fingerprint density at radius 3 is 2.45 bits per heavy atom. The molecule has 11 nitrogen and oxygen atoms in total. The second kappa shape index (κ2) is 18.7. The molecule has 13 heteroatoms. The van der Waals surface area contributed by atoms with Gasteiger partial charge in [0.1, 0.15) is 11.4 Å². The smallest absolute Gasteiger partial charge is 0.264 e. The number of nitrogens with zero attached hydrogens (tertiary/aromatic N) is 3. The molecule has 2 aromatic carbocycles. The summed E-state index contributed by atoms with van der Waals surface area (Å²) in [5.74, 6) is 0.173. The van der Waals surface area contributed by atoms with Gasteiger partial charge in [0.25, 0.3) is 5.91 Å². The highest BCUT2D eigenvalue weighted by atomic mass is 35.5. The number of aliphatic hydroxyl groups is 2. The number of hydrogen-bond acceptors (Lipinski definition) is 10. The number of nitrogens with one attached hydrogen (secondary N) is 1. The van der Waals surface area contributed by atoms with Crippen molar-refractivity contribution in [1.82, 2.24) is 14.5 Å². The largest absolute Gasteiger partial charge is 0.491 e. The van der Waals surface area contributed by atoms with E-state index in [1.165, 1.54) is 11.1 Å². The maximum absolute atomic E-state index is 13.6. The highest BCUT2D eigenvalue weighted by Gasteiger charge is 2.48. The molecule has 0 radical (unpaired) electrons. The average Bonchev–Trinajstić information content (AvgIpc) is 3.16. The molecule has 1 aliphatic carbocycles. The summed E-state index contributed by atoms with van der Waals surface area (Å²) in [7, 11) is -2.17. The molecule has 4 aliphatic rings. The Morgan fingerprint density at radius 2 is 1.75 bits per heavy atom. The standard InChI is InChI=1S/C42H61ClN4O7S/c1-30-7-6-16-42(53-3,29-46-20-18-45(19-21-46)25-32(27-48)28-49)38-13-10-36(38)26-47-17-5-4-8-34-23-37(43)12-9-33(34)15-22-54-40-14-11-35(24-39(40)47)41(50)44-55(51,52)31(30)2/h6,9,11-12,14,16,23-24,30-32,36,38,48-49H,4-5,7-8,10,13,15,17-22,25-29H2,1-3H3,(H,44,50)/b16-6+/t30-,31+,36-,38+,42+/m0/s1. The number of ether oxygens (including phenoxy) is 2. The molecule has 0 aromatic heterocycles. The number of hydrogen-bond donors (Lipinski definition) is 3. The SMILES string of the molecule is CO[C@@]1(CN2CCN(CC(CO)CO)CC2)/C=C/C[C@H](C)[C@@H](C)S(=O)(=O)NC(=O)c2ccc3c(c2)N(CCCCc2cc(Cl)ccc2CCO3)C[C@@H]2CC[C@H]21. The topological polar surface area (TPSA) is 132 Å². The molecule has 1 saturated heterocycles. The van der Waals surface area contributed by atoms with Gasteiger partial charge in [0.05, 0.1) is 17.5 Å². The first-order valence-corrected chi connectivity index (χ1v) is 22.1. The Hall–Kier alpha value is -2.71. The molecule has 0 unspecified atom stereocenters. The Labute approximate surface area is 333 Å². The maximum atomic E-state index is 13.6. The van der Waals surface area contributed by atoms with Crippen LogP contribution in [0.25, 0.3) is 0 Å². The molecule has 2 bridgehead atoms. The number of rotatable bonds is 7. The molecule has 55 heavy (non-hydrogen) atoms. The van der Waals surface area contributed by atoms with E-state index in [1.54, 1.807) is 13.0 Å². The third kappa shape index (κ3) is 10.1. The lowest BCUT2D eigenvalue weighted by atomic mass is 9.63. The van der Waals surface area contributed by atoms with E-state index in [9.17, 15) is 23.4 Å². The van der Waals surface area contributed by atoms with Crippen LogP contribution in [0, 0.1) is 23.7 Å². The van der Waals surface area contributed by atoms with E-state index in [0.29, 0.717) is 44.2 Å². The van der Waals surface area contributed by atoms with Crippen molar-refractivity contribution >= 4 is 33.2 Å². The van der Waals surface area contributed by atoms with Gasteiger partial charge < -0.3 is 29.5 Å². The third-order valence-electron chi connectivity index (χ3n) is 12.8. The molecule has 0 spiro atoms. The van der Waals surface area contributed by atoms with Gasteiger partial charge in [0.15, 0.2) is 0 Å². The number of allylic oxidation sites excluding steroid dienone is 1. The number of sulfonamides is 1.